The first kappa shape index (κ1) is 8.23. The Morgan fingerprint density at radius 2 is 2.08 bits per heavy atom. The number of rotatable bonds is 0. The number of aromatic amines is 1. The van der Waals surface area contributed by atoms with Crippen molar-refractivity contribution in [1.29, 1.82) is 0 Å². The van der Waals surface area contributed by atoms with Crippen molar-refractivity contribution in [3.63, 3.8) is 0 Å². The van der Waals surface area contributed by atoms with Gasteiger partial charge in [0.05, 0.1) is 0 Å². The van der Waals surface area contributed by atoms with Crippen LogP contribution in [0.3, 0.4) is 0 Å². The van der Waals surface area contributed by atoms with Crippen molar-refractivity contribution in [2.75, 3.05) is 0 Å². The summed E-state index contributed by atoms with van der Waals surface area (Å²) in [6.07, 6.45) is 3.39. The smallest absolute Gasteiger partial charge is 0.140 e. The maximum absolute atomic E-state index is 4.15. The van der Waals surface area contributed by atoms with Crippen molar-refractivity contribution >= 4 is 11.0 Å². The fourth-order valence-corrected chi connectivity index (χ4v) is 1.27. The maximum Gasteiger partial charge on any atom is 0.140 e. The van der Waals surface area contributed by atoms with E-state index in [1.54, 1.807) is 6.33 Å². The summed E-state index contributed by atoms with van der Waals surface area (Å²) in [5.41, 5.74) is 2.25. The lowest BCUT2D eigenvalue weighted by Gasteiger charge is -2.15. The molecule has 0 saturated heterocycles. The number of nitrogens with one attached hydrogen (secondary N) is 1. The van der Waals surface area contributed by atoms with Gasteiger partial charge < -0.3 is 4.98 Å². The van der Waals surface area contributed by atoms with Crippen LogP contribution in [0.25, 0.3) is 11.0 Å². The molecule has 3 heteroatoms. The molecule has 0 spiro atoms. The van der Waals surface area contributed by atoms with Crippen molar-refractivity contribution < 1.29 is 0 Å². The Bertz CT molecular complexity index is 390. The number of fused-ring (bicyclic) bond motifs is 1. The minimum atomic E-state index is 0.140. The second-order valence-electron chi connectivity index (χ2n) is 4.26. The van der Waals surface area contributed by atoms with Gasteiger partial charge in [-0.3, -0.25) is 0 Å². The fraction of sp³-hybridized carbons (Fsp3) is 0.400. The molecule has 0 bridgehead atoms. The summed E-state index contributed by atoms with van der Waals surface area (Å²) in [5, 5.41) is 1.08. The molecule has 1 N–H and O–H groups in total. The predicted octanol–water partition coefficient (Wildman–Crippen LogP) is 2.26. The minimum absolute atomic E-state index is 0.140. The monoisotopic (exact) mass is 175 g/mol. The zero-order chi connectivity index (χ0) is 9.47. The Hall–Kier alpha value is -1.38. The summed E-state index contributed by atoms with van der Waals surface area (Å²) in [6, 6.07) is 2.11. The standard InChI is InChI=1S/C10H13N3/c1-10(2,3)8-4-7-5-11-6-12-9(7)13-8/h4-6H,1-3H3,(H,11,12,13). The van der Waals surface area contributed by atoms with Crippen LogP contribution < -0.4 is 0 Å². The molecule has 0 atom stereocenters. The second kappa shape index (κ2) is 2.55. The third kappa shape index (κ3) is 1.41. The van der Waals surface area contributed by atoms with E-state index >= 15 is 0 Å². The van der Waals surface area contributed by atoms with E-state index in [0.717, 1.165) is 11.0 Å². The third-order valence-electron chi connectivity index (χ3n) is 2.10. The third-order valence-corrected chi connectivity index (χ3v) is 2.10. The highest BCUT2D eigenvalue weighted by Crippen LogP contribution is 2.23. The molecule has 0 aliphatic carbocycles. The Balaban J connectivity index is 2.63. The van der Waals surface area contributed by atoms with Gasteiger partial charge in [0.25, 0.3) is 0 Å². The lowest BCUT2D eigenvalue weighted by molar-refractivity contribution is 0.574. The van der Waals surface area contributed by atoms with E-state index in [2.05, 4.69) is 41.8 Å². The van der Waals surface area contributed by atoms with Crippen molar-refractivity contribution in [2.24, 2.45) is 0 Å². The van der Waals surface area contributed by atoms with E-state index in [-0.39, 0.29) is 5.41 Å². The second-order valence-corrected chi connectivity index (χ2v) is 4.26. The number of nitrogens with zero attached hydrogens (tertiary/aromatic N) is 2. The first-order valence-corrected chi connectivity index (χ1v) is 4.36. The van der Waals surface area contributed by atoms with Gasteiger partial charge in [-0.15, -0.1) is 0 Å². The molecule has 2 rings (SSSR count). The molecule has 0 saturated carbocycles. The van der Waals surface area contributed by atoms with Crippen molar-refractivity contribution in [3.8, 4) is 0 Å². The summed E-state index contributed by atoms with van der Waals surface area (Å²) in [6.45, 7) is 6.52. The summed E-state index contributed by atoms with van der Waals surface area (Å²) < 4.78 is 0. The molecule has 2 heterocycles. The molecule has 0 unspecified atom stereocenters. The van der Waals surface area contributed by atoms with Gasteiger partial charge in [0.1, 0.15) is 12.0 Å². The average molecular weight is 175 g/mol. The lowest BCUT2D eigenvalue weighted by atomic mass is 9.92. The van der Waals surface area contributed by atoms with Crippen LogP contribution in [-0.2, 0) is 5.41 Å². The summed E-state index contributed by atoms with van der Waals surface area (Å²) >= 11 is 0. The van der Waals surface area contributed by atoms with Gasteiger partial charge in [-0.2, -0.15) is 0 Å². The Morgan fingerprint density at radius 3 is 2.69 bits per heavy atom. The van der Waals surface area contributed by atoms with E-state index < -0.39 is 0 Å². The fourth-order valence-electron chi connectivity index (χ4n) is 1.27. The molecule has 68 valence electrons. The number of aromatic nitrogens is 3. The molecule has 0 aromatic carbocycles. The SMILES string of the molecule is CC(C)(C)c1cc2cncnc2[nH]1. The highest BCUT2D eigenvalue weighted by molar-refractivity contribution is 5.75. The van der Waals surface area contributed by atoms with Gasteiger partial charge in [0.15, 0.2) is 0 Å². The van der Waals surface area contributed by atoms with Gasteiger partial charge >= 0.3 is 0 Å². The lowest BCUT2D eigenvalue weighted by Crippen LogP contribution is -2.11. The Kier molecular flexibility index (Phi) is 1.62. The van der Waals surface area contributed by atoms with Crippen molar-refractivity contribution in [2.45, 2.75) is 26.2 Å². The molecule has 2 aromatic heterocycles. The van der Waals surface area contributed by atoms with Crippen LogP contribution in [0.1, 0.15) is 26.5 Å². The van der Waals surface area contributed by atoms with Gasteiger partial charge in [0.2, 0.25) is 0 Å². The van der Waals surface area contributed by atoms with E-state index in [9.17, 15) is 0 Å². The first-order valence-electron chi connectivity index (χ1n) is 4.36. The number of hydrogen-bond donors (Lipinski definition) is 1. The zero-order valence-corrected chi connectivity index (χ0v) is 8.13. The summed E-state index contributed by atoms with van der Waals surface area (Å²) in [7, 11) is 0. The van der Waals surface area contributed by atoms with Crippen molar-refractivity contribution in [3.05, 3.63) is 24.3 Å². The zero-order valence-electron chi connectivity index (χ0n) is 8.13. The van der Waals surface area contributed by atoms with E-state index in [1.807, 2.05) is 6.20 Å². The quantitative estimate of drug-likeness (QED) is 0.667. The molecule has 0 radical (unpaired) electrons. The summed E-state index contributed by atoms with van der Waals surface area (Å²) in [5.74, 6) is 0. The number of hydrogen-bond acceptors (Lipinski definition) is 2. The van der Waals surface area contributed by atoms with Crippen LogP contribution in [0.4, 0.5) is 0 Å². The highest BCUT2D eigenvalue weighted by atomic mass is 14.9. The van der Waals surface area contributed by atoms with Gasteiger partial charge in [-0.05, 0) is 6.07 Å². The van der Waals surface area contributed by atoms with Crippen LogP contribution in [-0.4, -0.2) is 15.0 Å². The Morgan fingerprint density at radius 1 is 1.31 bits per heavy atom. The van der Waals surface area contributed by atoms with E-state index in [0.29, 0.717) is 0 Å². The number of H-pyrrole nitrogens is 1. The topological polar surface area (TPSA) is 41.6 Å². The summed E-state index contributed by atoms with van der Waals surface area (Å²) in [4.78, 5) is 11.4. The molecule has 2 aromatic rings. The maximum atomic E-state index is 4.15. The molecule has 0 aliphatic heterocycles. The van der Waals surface area contributed by atoms with Crippen LogP contribution >= 0.6 is 0 Å². The van der Waals surface area contributed by atoms with Crippen LogP contribution in [0.15, 0.2) is 18.6 Å². The molecule has 0 fully saturated rings. The largest absolute Gasteiger partial charge is 0.343 e. The molecular formula is C10H13N3. The van der Waals surface area contributed by atoms with Gasteiger partial charge in [-0.25, -0.2) is 9.97 Å². The molecule has 0 amide bonds. The van der Waals surface area contributed by atoms with E-state index in [1.165, 1.54) is 5.69 Å². The molecule has 0 aliphatic rings. The normalized spacial score (nSPS) is 12.2. The van der Waals surface area contributed by atoms with Gasteiger partial charge in [0, 0.05) is 22.7 Å². The highest BCUT2D eigenvalue weighted by Gasteiger charge is 2.16. The van der Waals surface area contributed by atoms with Crippen LogP contribution in [0, 0.1) is 0 Å². The minimum Gasteiger partial charge on any atom is -0.343 e. The molecule has 13 heavy (non-hydrogen) atoms. The van der Waals surface area contributed by atoms with Crippen molar-refractivity contribution in [1.82, 2.24) is 15.0 Å². The van der Waals surface area contributed by atoms with Crippen LogP contribution in [0.2, 0.25) is 0 Å². The molecule has 3 nitrogen and oxygen atoms in total. The van der Waals surface area contributed by atoms with Gasteiger partial charge in [-0.1, -0.05) is 20.8 Å². The Labute approximate surface area is 77.2 Å². The average Bonchev–Trinajstić information content (AvgIpc) is 2.45. The van der Waals surface area contributed by atoms with E-state index in [4.69, 9.17) is 0 Å². The van der Waals surface area contributed by atoms with Crippen LogP contribution in [0.5, 0.6) is 0 Å². The molecular weight excluding hydrogens is 162 g/mol. The predicted molar refractivity (Wildman–Crippen MR) is 52.6 cm³/mol. The first-order chi connectivity index (χ1) is 6.07.